The first-order valence-corrected chi connectivity index (χ1v) is 10.3. The standard InChI is InChI=1S/C22H25BrClNO3/c1-13-8-9-14(6-5-7-18(26)28-22(2,3)4)19(20(13)25)21(27)15-10-11-17(24)16(23)12-15/h8-12H,5-7,25H2,1-4H3. The van der Waals surface area contributed by atoms with Crippen molar-refractivity contribution in [2.24, 2.45) is 0 Å². The minimum atomic E-state index is -0.505. The van der Waals surface area contributed by atoms with E-state index in [1.165, 1.54) is 0 Å². The Kier molecular flexibility index (Phi) is 7.29. The summed E-state index contributed by atoms with van der Waals surface area (Å²) in [5, 5.41) is 0.534. The second-order valence-corrected chi connectivity index (χ2v) is 8.99. The van der Waals surface area contributed by atoms with Crippen LogP contribution in [0.4, 0.5) is 5.69 Å². The average Bonchev–Trinajstić information content (AvgIpc) is 2.58. The van der Waals surface area contributed by atoms with Gasteiger partial charge in [0.15, 0.2) is 5.78 Å². The third-order valence-corrected chi connectivity index (χ3v) is 5.42. The lowest BCUT2D eigenvalue weighted by Gasteiger charge is -2.19. The van der Waals surface area contributed by atoms with Crippen molar-refractivity contribution in [2.75, 3.05) is 5.73 Å². The topological polar surface area (TPSA) is 69.4 Å². The average molecular weight is 467 g/mol. The highest BCUT2D eigenvalue weighted by molar-refractivity contribution is 9.10. The monoisotopic (exact) mass is 465 g/mol. The summed E-state index contributed by atoms with van der Waals surface area (Å²) in [4.78, 5) is 25.1. The molecule has 0 aliphatic heterocycles. The Morgan fingerprint density at radius 2 is 1.86 bits per heavy atom. The first-order valence-electron chi connectivity index (χ1n) is 9.09. The molecule has 2 N–H and O–H groups in total. The van der Waals surface area contributed by atoms with Crippen LogP contribution in [0.25, 0.3) is 0 Å². The highest BCUT2D eigenvalue weighted by Gasteiger charge is 2.20. The quantitative estimate of drug-likeness (QED) is 0.327. The molecule has 0 bridgehead atoms. The van der Waals surface area contributed by atoms with Crippen LogP contribution in [0, 0.1) is 6.92 Å². The summed E-state index contributed by atoms with van der Waals surface area (Å²) in [6, 6.07) is 8.84. The number of benzene rings is 2. The lowest BCUT2D eigenvalue weighted by atomic mass is 9.92. The Bertz CT molecular complexity index is 903. The molecule has 0 radical (unpaired) electrons. The van der Waals surface area contributed by atoms with Crippen LogP contribution >= 0.6 is 27.5 Å². The Balaban J connectivity index is 2.24. The summed E-state index contributed by atoms with van der Waals surface area (Å²) in [5.74, 6) is -0.409. The first kappa shape index (κ1) is 22.4. The van der Waals surface area contributed by atoms with Gasteiger partial charge in [0.05, 0.1) is 5.02 Å². The molecule has 2 aromatic carbocycles. The number of rotatable bonds is 6. The van der Waals surface area contributed by atoms with Crippen LogP contribution in [0.1, 0.15) is 60.7 Å². The number of ketones is 1. The molecule has 0 aliphatic carbocycles. The predicted octanol–water partition coefficient (Wildman–Crippen LogP) is 5.89. The summed E-state index contributed by atoms with van der Waals surface area (Å²) in [7, 11) is 0. The van der Waals surface area contributed by atoms with E-state index in [0.29, 0.717) is 39.2 Å². The summed E-state index contributed by atoms with van der Waals surface area (Å²) in [5.41, 5.74) is 8.86. The summed E-state index contributed by atoms with van der Waals surface area (Å²) >= 11 is 9.39. The maximum atomic E-state index is 13.2. The molecule has 150 valence electrons. The molecule has 0 unspecified atom stereocenters. The van der Waals surface area contributed by atoms with E-state index >= 15 is 0 Å². The fourth-order valence-electron chi connectivity index (χ4n) is 2.84. The molecule has 0 saturated heterocycles. The first-order chi connectivity index (χ1) is 13.0. The van der Waals surface area contributed by atoms with Crippen LogP contribution in [0.3, 0.4) is 0 Å². The van der Waals surface area contributed by atoms with Gasteiger partial charge in [-0.1, -0.05) is 23.7 Å². The zero-order valence-corrected chi connectivity index (χ0v) is 18.9. The summed E-state index contributed by atoms with van der Waals surface area (Å²) in [6.45, 7) is 7.39. The largest absolute Gasteiger partial charge is 0.460 e. The van der Waals surface area contributed by atoms with Crippen molar-refractivity contribution in [3.05, 3.63) is 62.1 Å². The van der Waals surface area contributed by atoms with Crippen LogP contribution in [0.5, 0.6) is 0 Å². The lowest BCUT2D eigenvalue weighted by Crippen LogP contribution is -2.23. The number of esters is 1. The number of hydrogen-bond acceptors (Lipinski definition) is 4. The van der Waals surface area contributed by atoms with Crippen molar-refractivity contribution in [1.82, 2.24) is 0 Å². The summed E-state index contributed by atoms with van der Waals surface area (Å²) in [6.07, 6.45) is 1.41. The molecular formula is C22H25BrClNO3. The van der Waals surface area contributed by atoms with Gasteiger partial charge in [-0.25, -0.2) is 0 Å². The van der Waals surface area contributed by atoms with E-state index in [2.05, 4.69) is 15.9 Å². The number of ether oxygens (including phenoxy) is 1. The van der Waals surface area contributed by atoms with E-state index in [4.69, 9.17) is 22.1 Å². The van der Waals surface area contributed by atoms with Gasteiger partial charge in [-0.3, -0.25) is 9.59 Å². The molecule has 0 atom stereocenters. The van der Waals surface area contributed by atoms with Crippen LogP contribution in [0.15, 0.2) is 34.8 Å². The van der Waals surface area contributed by atoms with E-state index in [9.17, 15) is 9.59 Å². The second kappa shape index (κ2) is 9.10. The minimum Gasteiger partial charge on any atom is -0.460 e. The van der Waals surface area contributed by atoms with Crippen molar-refractivity contribution in [3.8, 4) is 0 Å². The molecule has 6 heteroatoms. The van der Waals surface area contributed by atoms with Gasteiger partial charge in [0.2, 0.25) is 0 Å². The summed E-state index contributed by atoms with van der Waals surface area (Å²) < 4.78 is 5.99. The van der Waals surface area contributed by atoms with Gasteiger partial charge < -0.3 is 10.5 Å². The van der Waals surface area contributed by atoms with E-state index < -0.39 is 5.60 Å². The number of aryl methyl sites for hydroxylation is 2. The molecule has 0 saturated carbocycles. The molecule has 0 fully saturated rings. The molecule has 28 heavy (non-hydrogen) atoms. The Labute approximate surface area is 179 Å². The molecule has 4 nitrogen and oxygen atoms in total. The van der Waals surface area contributed by atoms with Crippen molar-refractivity contribution in [2.45, 2.75) is 52.6 Å². The van der Waals surface area contributed by atoms with Crippen LogP contribution in [-0.4, -0.2) is 17.4 Å². The van der Waals surface area contributed by atoms with Crippen molar-refractivity contribution >= 4 is 45.0 Å². The minimum absolute atomic E-state index is 0.161. The highest BCUT2D eigenvalue weighted by Crippen LogP contribution is 2.29. The van der Waals surface area contributed by atoms with Crippen molar-refractivity contribution in [1.29, 1.82) is 0 Å². The fraction of sp³-hybridized carbons (Fsp3) is 0.364. The number of carbonyl (C=O) groups is 2. The smallest absolute Gasteiger partial charge is 0.306 e. The third kappa shape index (κ3) is 5.82. The van der Waals surface area contributed by atoms with Gasteiger partial charge in [-0.05, 0) is 85.8 Å². The molecule has 2 aromatic rings. The van der Waals surface area contributed by atoms with E-state index in [0.717, 1.165) is 11.1 Å². The van der Waals surface area contributed by atoms with Gasteiger partial charge >= 0.3 is 5.97 Å². The Morgan fingerprint density at radius 1 is 1.18 bits per heavy atom. The predicted molar refractivity (Wildman–Crippen MR) is 117 cm³/mol. The number of hydrogen-bond donors (Lipinski definition) is 1. The molecule has 2 rings (SSSR count). The van der Waals surface area contributed by atoms with E-state index in [1.54, 1.807) is 18.2 Å². The van der Waals surface area contributed by atoms with Crippen LogP contribution in [-0.2, 0) is 16.0 Å². The van der Waals surface area contributed by atoms with Crippen LogP contribution in [0.2, 0.25) is 5.02 Å². The van der Waals surface area contributed by atoms with E-state index in [1.807, 2.05) is 39.8 Å². The Hall–Kier alpha value is -1.85. The number of anilines is 1. The molecular weight excluding hydrogens is 442 g/mol. The maximum Gasteiger partial charge on any atom is 0.306 e. The molecule has 0 spiro atoms. The number of nitrogen functional groups attached to an aromatic ring is 1. The number of carbonyl (C=O) groups excluding carboxylic acids is 2. The SMILES string of the molecule is Cc1ccc(CCCC(=O)OC(C)(C)C)c(C(=O)c2ccc(Cl)c(Br)c2)c1N. The molecule has 0 amide bonds. The van der Waals surface area contributed by atoms with Gasteiger partial charge in [0, 0.05) is 27.7 Å². The number of nitrogens with two attached hydrogens (primary N) is 1. The second-order valence-electron chi connectivity index (χ2n) is 7.73. The van der Waals surface area contributed by atoms with Crippen LogP contribution < -0.4 is 5.73 Å². The van der Waals surface area contributed by atoms with Gasteiger partial charge in [0.25, 0.3) is 0 Å². The molecule has 0 heterocycles. The highest BCUT2D eigenvalue weighted by atomic mass is 79.9. The van der Waals surface area contributed by atoms with Gasteiger partial charge in [-0.2, -0.15) is 0 Å². The molecule has 0 aliphatic rings. The van der Waals surface area contributed by atoms with E-state index in [-0.39, 0.29) is 18.2 Å². The number of halogens is 2. The lowest BCUT2D eigenvalue weighted by molar-refractivity contribution is -0.154. The zero-order chi connectivity index (χ0) is 21.1. The fourth-order valence-corrected chi connectivity index (χ4v) is 3.34. The molecule has 0 aromatic heterocycles. The maximum absolute atomic E-state index is 13.2. The van der Waals surface area contributed by atoms with Gasteiger partial charge in [-0.15, -0.1) is 0 Å². The van der Waals surface area contributed by atoms with Crippen molar-refractivity contribution in [3.63, 3.8) is 0 Å². The third-order valence-electron chi connectivity index (χ3n) is 4.21. The Morgan fingerprint density at radius 3 is 2.46 bits per heavy atom. The normalized spacial score (nSPS) is 11.4. The van der Waals surface area contributed by atoms with Crippen molar-refractivity contribution < 1.29 is 14.3 Å². The zero-order valence-electron chi connectivity index (χ0n) is 16.6. The van der Waals surface area contributed by atoms with Gasteiger partial charge in [0.1, 0.15) is 5.60 Å².